The second-order valence-corrected chi connectivity index (χ2v) is 5.99. The van der Waals surface area contributed by atoms with Crippen molar-refractivity contribution in [3.63, 3.8) is 0 Å². The molecule has 2 heterocycles. The fourth-order valence-electron chi connectivity index (χ4n) is 2.95. The van der Waals surface area contributed by atoms with Crippen molar-refractivity contribution in [3.05, 3.63) is 0 Å². The second-order valence-electron chi connectivity index (χ2n) is 5.99. The monoisotopic (exact) mass is 268 g/mol. The summed E-state index contributed by atoms with van der Waals surface area (Å²) in [5.74, 6) is 1.05. The van der Waals surface area contributed by atoms with E-state index in [0.29, 0.717) is 19.1 Å². The number of hydrogen-bond acceptors (Lipinski definition) is 3. The van der Waals surface area contributed by atoms with Gasteiger partial charge in [0.1, 0.15) is 0 Å². The Hall–Kier alpha value is -0.610. The molecule has 4 nitrogen and oxygen atoms in total. The molecule has 0 saturated carbocycles. The van der Waals surface area contributed by atoms with Crippen LogP contribution in [0, 0.1) is 5.92 Å². The Morgan fingerprint density at radius 2 is 2.00 bits per heavy atom. The smallest absolute Gasteiger partial charge is 0.224 e. The molecule has 1 amide bonds. The van der Waals surface area contributed by atoms with Gasteiger partial charge in [0, 0.05) is 13.1 Å². The molecule has 0 bridgehead atoms. The van der Waals surface area contributed by atoms with Crippen molar-refractivity contribution >= 4 is 5.91 Å². The molecule has 19 heavy (non-hydrogen) atoms. The molecule has 0 aromatic carbocycles. The summed E-state index contributed by atoms with van der Waals surface area (Å²) in [6.45, 7) is 6.85. The van der Waals surface area contributed by atoms with Crippen LogP contribution in [0.1, 0.15) is 45.4 Å². The van der Waals surface area contributed by atoms with E-state index in [4.69, 9.17) is 4.74 Å². The van der Waals surface area contributed by atoms with E-state index in [1.54, 1.807) is 0 Å². The van der Waals surface area contributed by atoms with Gasteiger partial charge in [-0.25, -0.2) is 0 Å². The predicted octanol–water partition coefficient (Wildman–Crippen LogP) is 1.79. The minimum Gasteiger partial charge on any atom is -0.378 e. The lowest BCUT2D eigenvalue weighted by atomic mass is 10.0. The first-order valence-electron chi connectivity index (χ1n) is 7.86. The summed E-state index contributed by atoms with van der Waals surface area (Å²) < 4.78 is 5.81. The molecular weight excluding hydrogens is 240 g/mol. The van der Waals surface area contributed by atoms with E-state index >= 15 is 0 Å². The molecule has 0 aromatic rings. The summed E-state index contributed by atoms with van der Waals surface area (Å²) in [4.78, 5) is 14.2. The van der Waals surface area contributed by atoms with Crippen LogP contribution < -0.4 is 5.32 Å². The van der Waals surface area contributed by atoms with Crippen molar-refractivity contribution < 1.29 is 9.53 Å². The van der Waals surface area contributed by atoms with Crippen LogP contribution in [0.4, 0.5) is 0 Å². The minimum atomic E-state index is 0.281. The number of amides is 1. The van der Waals surface area contributed by atoms with E-state index in [1.807, 2.05) is 4.90 Å². The Morgan fingerprint density at radius 3 is 2.79 bits per heavy atom. The molecule has 1 unspecified atom stereocenters. The van der Waals surface area contributed by atoms with Gasteiger partial charge < -0.3 is 15.0 Å². The van der Waals surface area contributed by atoms with Crippen molar-refractivity contribution in [2.45, 2.75) is 51.6 Å². The average molecular weight is 268 g/mol. The lowest BCUT2D eigenvalue weighted by Gasteiger charge is -2.24. The first-order valence-corrected chi connectivity index (χ1v) is 7.86. The van der Waals surface area contributed by atoms with Gasteiger partial charge >= 0.3 is 0 Å². The molecule has 110 valence electrons. The number of piperidine rings is 1. The standard InChI is InChI=1S/C15H28N2O2/c1-13-3-2-10-17(11-6-13)15(18)7-12-19-14-4-8-16-9-5-14/h13-14,16H,2-12H2,1H3. The zero-order valence-electron chi connectivity index (χ0n) is 12.2. The summed E-state index contributed by atoms with van der Waals surface area (Å²) in [5, 5.41) is 3.32. The lowest BCUT2D eigenvalue weighted by molar-refractivity contribution is -0.132. The van der Waals surface area contributed by atoms with Crippen molar-refractivity contribution in [3.8, 4) is 0 Å². The number of ether oxygens (including phenoxy) is 1. The van der Waals surface area contributed by atoms with Gasteiger partial charge in [-0.3, -0.25) is 4.79 Å². The number of nitrogens with one attached hydrogen (secondary N) is 1. The molecule has 1 atom stereocenters. The van der Waals surface area contributed by atoms with Crippen molar-refractivity contribution in [2.75, 3.05) is 32.8 Å². The molecule has 2 saturated heterocycles. The summed E-state index contributed by atoms with van der Waals surface area (Å²) in [6.07, 6.45) is 6.64. The van der Waals surface area contributed by atoms with Crippen LogP contribution in [-0.2, 0) is 9.53 Å². The van der Waals surface area contributed by atoms with Gasteiger partial charge in [0.2, 0.25) is 5.91 Å². The van der Waals surface area contributed by atoms with Crippen molar-refractivity contribution in [1.82, 2.24) is 10.2 Å². The molecule has 0 aromatic heterocycles. The Kier molecular flexibility index (Phi) is 6.11. The highest BCUT2D eigenvalue weighted by Crippen LogP contribution is 2.17. The summed E-state index contributed by atoms with van der Waals surface area (Å²) in [6, 6.07) is 0. The predicted molar refractivity (Wildman–Crippen MR) is 76.1 cm³/mol. The largest absolute Gasteiger partial charge is 0.378 e. The fraction of sp³-hybridized carbons (Fsp3) is 0.933. The maximum Gasteiger partial charge on any atom is 0.224 e. The van der Waals surface area contributed by atoms with Gasteiger partial charge in [-0.1, -0.05) is 6.92 Å². The fourth-order valence-corrected chi connectivity index (χ4v) is 2.95. The Bertz CT molecular complexity index is 277. The number of carbonyl (C=O) groups is 1. The molecule has 2 fully saturated rings. The van der Waals surface area contributed by atoms with E-state index < -0.39 is 0 Å². The third-order valence-electron chi connectivity index (χ3n) is 4.33. The Morgan fingerprint density at radius 1 is 1.21 bits per heavy atom. The average Bonchev–Trinajstić information content (AvgIpc) is 2.65. The first kappa shape index (κ1) is 14.8. The van der Waals surface area contributed by atoms with Crippen LogP contribution >= 0.6 is 0 Å². The van der Waals surface area contributed by atoms with Crippen molar-refractivity contribution in [2.24, 2.45) is 5.92 Å². The van der Waals surface area contributed by atoms with Crippen LogP contribution in [0.5, 0.6) is 0 Å². The van der Waals surface area contributed by atoms with E-state index in [2.05, 4.69) is 12.2 Å². The zero-order valence-corrected chi connectivity index (χ0v) is 12.2. The molecule has 1 N–H and O–H groups in total. The maximum absolute atomic E-state index is 12.1. The van der Waals surface area contributed by atoms with Crippen LogP contribution in [0.3, 0.4) is 0 Å². The molecule has 4 heteroatoms. The van der Waals surface area contributed by atoms with Gasteiger partial charge in [-0.05, 0) is 51.1 Å². The van der Waals surface area contributed by atoms with Crippen LogP contribution in [0.15, 0.2) is 0 Å². The molecule has 2 aliphatic rings. The zero-order chi connectivity index (χ0) is 13.5. The number of hydrogen-bond donors (Lipinski definition) is 1. The first-order chi connectivity index (χ1) is 9.25. The number of rotatable bonds is 4. The number of likely N-dealkylation sites (tertiary alicyclic amines) is 1. The lowest BCUT2D eigenvalue weighted by Crippen LogP contribution is -2.35. The van der Waals surface area contributed by atoms with Gasteiger partial charge in [0.05, 0.1) is 19.1 Å². The third kappa shape index (κ3) is 5.11. The van der Waals surface area contributed by atoms with Gasteiger partial charge in [0.15, 0.2) is 0 Å². The summed E-state index contributed by atoms with van der Waals surface area (Å²) >= 11 is 0. The summed E-state index contributed by atoms with van der Waals surface area (Å²) in [7, 11) is 0. The third-order valence-corrected chi connectivity index (χ3v) is 4.33. The van der Waals surface area contributed by atoms with E-state index in [0.717, 1.165) is 57.8 Å². The van der Waals surface area contributed by atoms with Crippen molar-refractivity contribution in [1.29, 1.82) is 0 Å². The van der Waals surface area contributed by atoms with Gasteiger partial charge in [-0.15, -0.1) is 0 Å². The number of nitrogens with zero attached hydrogens (tertiary/aromatic N) is 1. The molecule has 0 spiro atoms. The second kappa shape index (κ2) is 7.85. The highest BCUT2D eigenvalue weighted by molar-refractivity contribution is 5.76. The molecule has 2 aliphatic heterocycles. The van der Waals surface area contributed by atoms with E-state index in [9.17, 15) is 4.79 Å². The summed E-state index contributed by atoms with van der Waals surface area (Å²) in [5.41, 5.74) is 0. The topological polar surface area (TPSA) is 41.6 Å². The molecular formula is C15H28N2O2. The van der Waals surface area contributed by atoms with E-state index in [1.165, 1.54) is 6.42 Å². The normalized spacial score (nSPS) is 26.2. The quantitative estimate of drug-likeness (QED) is 0.845. The highest BCUT2D eigenvalue weighted by Gasteiger charge is 2.19. The number of carbonyl (C=O) groups excluding carboxylic acids is 1. The molecule has 2 rings (SSSR count). The van der Waals surface area contributed by atoms with Crippen LogP contribution in [-0.4, -0.2) is 49.7 Å². The molecule has 0 radical (unpaired) electrons. The van der Waals surface area contributed by atoms with Crippen LogP contribution in [0.2, 0.25) is 0 Å². The van der Waals surface area contributed by atoms with Gasteiger partial charge in [0.25, 0.3) is 0 Å². The Labute approximate surface area is 116 Å². The van der Waals surface area contributed by atoms with Crippen LogP contribution in [0.25, 0.3) is 0 Å². The molecule has 0 aliphatic carbocycles. The van der Waals surface area contributed by atoms with Gasteiger partial charge in [-0.2, -0.15) is 0 Å². The van der Waals surface area contributed by atoms with E-state index in [-0.39, 0.29) is 5.91 Å². The minimum absolute atomic E-state index is 0.281. The highest BCUT2D eigenvalue weighted by atomic mass is 16.5. The Balaban J connectivity index is 1.63. The maximum atomic E-state index is 12.1. The SMILES string of the molecule is CC1CCCN(C(=O)CCOC2CCNCC2)CC1.